The number of benzene rings is 1. The SMILES string of the molecule is COC[C@H]1CN(CCOc2ccccc2OC)CC(C)(C)O1. The van der Waals surface area contributed by atoms with E-state index >= 15 is 0 Å². The van der Waals surface area contributed by atoms with Crippen molar-refractivity contribution in [3.8, 4) is 11.5 Å². The van der Waals surface area contributed by atoms with Crippen LogP contribution in [0.15, 0.2) is 24.3 Å². The van der Waals surface area contributed by atoms with E-state index in [1.807, 2.05) is 24.3 Å². The summed E-state index contributed by atoms with van der Waals surface area (Å²) in [6.45, 7) is 8.08. The molecule has 0 radical (unpaired) electrons. The molecule has 0 aromatic heterocycles. The second kappa shape index (κ2) is 7.81. The van der Waals surface area contributed by atoms with E-state index in [0.29, 0.717) is 13.2 Å². The van der Waals surface area contributed by atoms with Crippen molar-refractivity contribution in [2.45, 2.75) is 25.6 Å². The van der Waals surface area contributed by atoms with Crippen molar-refractivity contribution < 1.29 is 18.9 Å². The molecule has 0 N–H and O–H groups in total. The van der Waals surface area contributed by atoms with E-state index in [0.717, 1.165) is 31.1 Å². The second-order valence-electron chi connectivity index (χ2n) is 6.19. The van der Waals surface area contributed by atoms with Gasteiger partial charge in [-0.2, -0.15) is 0 Å². The molecule has 1 aromatic rings. The Morgan fingerprint density at radius 3 is 2.64 bits per heavy atom. The van der Waals surface area contributed by atoms with Gasteiger partial charge in [0, 0.05) is 26.7 Å². The molecule has 1 aliphatic heterocycles. The van der Waals surface area contributed by atoms with Crippen molar-refractivity contribution in [3.05, 3.63) is 24.3 Å². The van der Waals surface area contributed by atoms with Gasteiger partial charge in [-0.25, -0.2) is 0 Å². The van der Waals surface area contributed by atoms with Gasteiger partial charge < -0.3 is 18.9 Å². The van der Waals surface area contributed by atoms with Crippen molar-refractivity contribution in [1.29, 1.82) is 0 Å². The fraction of sp³-hybridized carbons (Fsp3) is 0.647. The standard InChI is InChI=1S/C17H27NO4/c1-17(2)13-18(11-14(22-17)12-19-3)9-10-21-16-8-6-5-7-15(16)20-4/h5-8,14H,9-13H2,1-4H3/t14-/m1/s1. The van der Waals surface area contributed by atoms with E-state index in [1.54, 1.807) is 14.2 Å². The minimum atomic E-state index is -0.161. The summed E-state index contributed by atoms with van der Waals surface area (Å²) in [6.07, 6.45) is 0.111. The van der Waals surface area contributed by atoms with Gasteiger partial charge >= 0.3 is 0 Å². The molecule has 0 unspecified atom stereocenters. The fourth-order valence-corrected chi connectivity index (χ4v) is 2.88. The normalized spacial score (nSPS) is 21.5. The summed E-state index contributed by atoms with van der Waals surface area (Å²) in [7, 11) is 3.36. The van der Waals surface area contributed by atoms with Crippen molar-refractivity contribution >= 4 is 0 Å². The predicted octanol–water partition coefficient (Wildman–Crippen LogP) is 2.20. The zero-order valence-electron chi connectivity index (χ0n) is 14.0. The minimum absolute atomic E-state index is 0.111. The summed E-state index contributed by atoms with van der Waals surface area (Å²) in [5, 5.41) is 0. The van der Waals surface area contributed by atoms with Crippen LogP contribution in [0.5, 0.6) is 11.5 Å². The lowest BCUT2D eigenvalue weighted by molar-refractivity contribution is -0.153. The Labute approximate surface area is 133 Å². The Balaban J connectivity index is 1.85. The number of nitrogens with zero attached hydrogens (tertiary/aromatic N) is 1. The molecule has 0 amide bonds. The molecule has 5 nitrogen and oxygen atoms in total. The maximum atomic E-state index is 6.02. The lowest BCUT2D eigenvalue weighted by atomic mass is 10.1. The van der Waals surface area contributed by atoms with E-state index in [4.69, 9.17) is 18.9 Å². The number of hydrogen-bond acceptors (Lipinski definition) is 5. The second-order valence-corrected chi connectivity index (χ2v) is 6.19. The highest BCUT2D eigenvalue weighted by atomic mass is 16.5. The lowest BCUT2D eigenvalue weighted by Crippen LogP contribution is -2.54. The molecule has 0 saturated carbocycles. The van der Waals surface area contributed by atoms with E-state index in [9.17, 15) is 0 Å². The fourth-order valence-electron chi connectivity index (χ4n) is 2.88. The van der Waals surface area contributed by atoms with Crippen molar-refractivity contribution in [1.82, 2.24) is 4.90 Å². The van der Waals surface area contributed by atoms with Gasteiger partial charge in [-0.15, -0.1) is 0 Å². The number of para-hydroxylation sites is 2. The average molecular weight is 309 g/mol. The molecule has 1 saturated heterocycles. The van der Waals surface area contributed by atoms with Gasteiger partial charge in [-0.3, -0.25) is 4.90 Å². The zero-order valence-corrected chi connectivity index (χ0v) is 14.0. The number of morpholine rings is 1. The van der Waals surface area contributed by atoms with Gasteiger partial charge in [0.15, 0.2) is 11.5 Å². The molecular weight excluding hydrogens is 282 g/mol. The molecule has 0 bridgehead atoms. The average Bonchev–Trinajstić information content (AvgIpc) is 2.46. The summed E-state index contributed by atoms with van der Waals surface area (Å²) >= 11 is 0. The molecule has 1 atom stereocenters. The molecule has 2 rings (SSSR count). The summed E-state index contributed by atoms with van der Waals surface area (Å²) in [5.74, 6) is 1.55. The van der Waals surface area contributed by atoms with Crippen LogP contribution in [0.3, 0.4) is 0 Å². The van der Waals surface area contributed by atoms with Crippen LogP contribution in [0, 0.1) is 0 Å². The third-order valence-electron chi connectivity index (χ3n) is 3.64. The molecule has 0 aliphatic carbocycles. The molecule has 22 heavy (non-hydrogen) atoms. The van der Waals surface area contributed by atoms with E-state index in [1.165, 1.54) is 0 Å². The highest BCUT2D eigenvalue weighted by molar-refractivity contribution is 5.39. The van der Waals surface area contributed by atoms with Crippen LogP contribution >= 0.6 is 0 Å². The van der Waals surface area contributed by atoms with E-state index in [-0.39, 0.29) is 11.7 Å². The summed E-state index contributed by atoms with van der Waals surface area (Å²) < 4.78 is 22.4. The first-order valence-electron chi connectivity index (χ1n) is 7.69. The van der Waals surface area contributed by atoms with Crippen LogP contribution in [0.25, 0.3) is 0 Å². The van der Waals surface area contributed by atoms with E-state index < -0.39 is 0 Å². The number of hydrogen-bond donors (Lipinski definition) is 0. The zero-order chi connectivity index (χ0) is 16.0. The summed E-state index contributed by atoms with van der Waals surface area (Å²) in [4.78, 5) is 2.36. The molecule has 5 heteroatoms. The Bertz CT molecular complexity index is 464. The summed E-state index contributed by atoms with van der Waals surface area (Å²) in [6, 6.07) is 7.72. The molecule has 1 aromatic carbocycles. The monoisotopic (exact) mass is 309 g/mol. The number of rotatable bonds is 7. The van der Waals surface area contributed by atoms with Crippen LogP contribution in [0.1, 0.15) is 13.8 Å². The molecule has 0 spiro atoms. The van der Waals surface area contributed by atoms with E-state index in [2.05, 4.69) is 18.7 Å². The van der Waals surface area contributed by atoms with Crippen molar-refractivity contribution in [3.63, 3.8) is 0 Å². The van der Waals surface area contributed by atoms with Gasteiger partial charge in [-0.1, -0.05) is 12.1 Å². The van der Waals surface area contributed by atoms with Gasteiger partial charge in [0.25, 0.3) is 0 Å². The number of methoxy groups -OCH3 is 2. The number of ether oxygens (including phenoxy) is 4. The third-order valence-corrected chi connectivity index (χ3v) is 3.64. The van der Waals surface area contributed by atoms with Gasteiger partial charge in [0.05, 0.1) is 25.4 Å². The highest BCUT2D eigenvalue weighted by Crippen LogP contribution is 2.26. The predicted molar refractivity (Wildman–Crippen MR) is 85.8 cm³/mol. The molecule has 124 valence electrons. The third kappa shape index (κ3) is 4.87. The van der Waals surface area contributed by atoms with Gasteiger partial charge in [0.1, 0.15) is 6.61 Å². The van der Waals surface area contributed by atoms with Crippen LogP contribution in [-0.4, -0.2) is 63.7 Å². The first-order valence-corrected chi connectivity index (χ1v) is 7.69. The van der Waals surface area contributed by atoms with Gasteiger partial charge in [-0.05, 0) is 26.0 Å². The van der Waals surface area contributed by atoms with Crippen molar-refractivity contribution in [2.75, 3.05) is 47.1 Å². The molecule has 1 aliphatic rings. The van der Waals surface area contributed by atoms with Crippen molar-refractivity contribution in [2.24, 2.45) is 0 Å². The van der Waals surface area contributed by atoms with Crippen LogP contribution in [0.2, 0.25) is 0 Å². The topological polar surface area (TPSA) is 40.2 Å². The Morgan fingerprint density at radius 2 is 1.95 bits per heavy atom. The maximum absolute atomic E-state index is 6.02. The Kier molecular flexibility index (Phi) is 6.06. The largest absolute Gasteiger partial charge is 0.493 e. The van der Waals surface area contributed by atoms with Gasteiger partial charge in [0.2, 0.25) is 0 Å². The highest BCUT2D eigenvalue weighted by Gasteiger charge is 2.33. The Morgan fingerprint density at radius 1 is 1.23 bits per heavy atom. The molecule has 1 heterocycles. The quantitative estimate of drug-likeness (QED) is 0.772. The maximum Gasteiger partial charge on any atom is 0.161 e. The molecular formula is C17H27NO4. The Hall–Kier alpha value is -1.30. The minimum Gasteiger partial charge on any atom is -0.493 e. The molecule has 1 fully saturated rings. The van der Waals surface area contributed by atoms with Crippen LogP contribution in [-0.2, 0) is 9.47 Å². The first kappa shape index (κ1) is 17.1. The smallest absolute Gasteiger partial charge is 0.161 e. The lowest BCUT2D eigenvalue weighted by Gasteiger charge is -2.42. The first-order chi connectivity index (χ1) is 10.5. The van der Waals surface area contributed by atoms with Crippen LogP contribution < -0.4 is 9.47 Å². The van der Waals surface area contributed by atoms with Crippen LogP contribution in [0.4, 0.5) is 0 Å². The summed E-state index contributed by atoms with van der Waals surface area (Å²) in [5.41, 5.74) is -0.161.